The van der Waals surface area contributed by atoms with Gasteiger partial charge in [0.25, 0.3) is 5.91 Å². The molecule has 0 bridgehead atoms. The number of nitrogens with zero attached hydrogens (tertiary/aromatic N) is 7. The fourth-order valence-electron chi connectivity index (χ4n) is 3.61. The number of hydrogen-bond donors (Lipinski definition) is 1. The molecule has 0 spiro atoms. The van der Waals surface area contributed by atoms with Crippen molar-refractivity contribution >= 4 is 5.91 Å². The number of ether oxygens (including phenoxy) is 1. The summed E-state index contributed by atoms with van der Waals surface area (Å²) in [7, 11) is 1.73. The maximum atomic E-state index is 14.3. The van der Waals surface area contributed by atoms with E-state index in [1.807, 2.05) is 5.01 Å². The van der Waals surface area contributed by atoms with Crippen molar-refractivity contribution in [1.29, 1.82) is 0 Å². The fourth-order valence-corrected chi connectivity index (χ4v) is 3.61. The van der Waals surface area contributed by atoms with Gasteiger partial charge in [-0.15, -0.1) is 5.10 Å². The Kier molecular flexibility index (Phi) is 5.63. The zero-order chi connectivity index (χ0) is 22.8. The number of pyridine rings is 1. The number of rotatable bonds is 5. The Morgan fingerprint density at radius 2 is 1.94 bits per heavy atom. The minimum atomic E-state index is -0.383. The highest BCUT2D eigenvalue weighted by Gasteiger charge is 2.20. The summed E-state index contributed by atoms with van der Waals surface area (Å²) in [5, 5.41) is 10.0. The highest BCUT2D eigenvalue weighted by molar-refractivity contribution is 5.93. The lowest BCUT2D eigenvalue weighted by Crippen LogP contribution is -2.48. The average molecular weight is 448 g/mol. The number of carbonyl (C=O) groups is 1. The van der Waals surface area contributed by atoms with Gasteiger partial charge in [-0.1, -0.05) is 17.3 Å². The van der Waals surface area contributed by atoms with E-state index >= 15 is 0 Å². The van der Waals surface area contributed by atoms with E-state index in [0.29, 0.717) is 60.3 Å². The van der Waals surface area contributed by atoms with Crippen molar-refractivity contribution in [3.63, 3.8) is 0 Å². The zero-order valence-corrected chi connectivity index (χ0v) is 17.8. The van der Waals surface area contributed by atoms with Gasteiger partial charge in [0.15, 0.2) is 0 Å². The summed E-state index contributed by atoms with van der Waals surface area (Å²) in [4.78, 5) is 21.3. The summed E-state index contributed by atoms with van der Waals surface area (Å²) in [5.41, 5.74) is 5.21. The summed E-state index contributed by atoms with van der Waals surface area (Å²) in [6, 6.07) is 9.85. The lowest BCUT2D eigenvalue weighted by molar-refractivity contribution is 0.0126. The molecule has 0 radical (unpaired) electrons. The van der Waals surface area contributed by atoms with Crippen LogP contribution in [0.25, 0.3) is 28.5 Å². The maximum Gasteiger partial charge on any atom is 0.267 e. The second-order valence-electron chi connectivity index (χ2n) is 7.50. The quantitative estimate of drug-likeness (QED) is 0.497. The van der Waals surface area contributed by atoms with Crippen LogP contribution in [0.3, 0.4) is 0 Å². The van der Waals surface area contributed by atoms with E-state index in [2.05, 4.69) is 25.7 Å². The molecular formula is C22H21FN8O2. The average Bonchev–Trinajstić information content (AvgIpc) is 3.47. The van der Waals surface area contributed by atoms with Crippen molar-refractivity contribution in [3.05, 3.63) is 66.5 Å². The van der Waals surface area contributed by atoms with Crippen molar-refractivity contribution in [2.45, 2.75) is 0 Å². The number of aromatic nitrogens is 6. The molecule has 168 valence electrons. The van der Waals surface area contributed by atoms with Crippen LogP contribution >= 0.6 is 0 Å². The van der Waals surface area contributed by atoms with E-state index in [9.17, 15) is 9.18 Å². The molecule has 0 aliphatic carbocycles. The SMILES string of the molecule is Cn1nnc(-c2ccccc2F)c1-c1cn(-c2ccc(C(=O)NN3CCOCC3)cn2)cn1. The lowest BCUT2D eigenvalue weighted by atomic mass is 10.1. The number of imidazole rings is 1. The highest BCUT2D eigenvalue weighted by Crippen LogP contribution is 2.30. The topological polar surface area (TPSA) is 103 Å². The molecule has 0 atom stereocenters. The smallest absolute Gasteiger partial charge is 0.267 e. The normalized spacial score (nSPS) is 14.4. The van der Waals surface area contributed by atoms with Crippen LogP contribution in [-0.2, 0) is 11.8 Å². The third kappa shape index (κ3) is 4.23. The zero-order valence-electron chi connectivity index (χ0n) is 17.8. The molecule has 1 saturated heterocycles. The van der Waals surface area contributed by atoms with Gasteiger partial charge < -0.3 is 4.74 Å². The van der Waals surface area contributed by atoms with Gasteiger partial charge in [-0.25, -0.2) is 24.0 Å². The van der Waals surface area contributed by atoms with E-state index < -0.39 is 0 Å². The molecule has 1 aromatic carbocycles. The van der Waals surface area contributed by atoms with Crippen molar-refractivity contribution in [3.8, 4) is 28.5 Å². The first kappa shape index (κ1) is 20.9. The Balaban J connectivity index is 1.37. The van der Waals surface area contributed by atoms with Gasteiger partial charge >= 0.3 is 0 Å². The Morgan fingerprint density at radius 3 is 2.70 bits per heavy atom. The van der Waals surface area contributed by atoms with Crippen LogP contribution in [-0.4, -0.2) is 66.7 Å². The van der Waals surface area contributed by atoms with Gasteiger partial charge in [0.2, 0.25) is 0 Å². The molecule has 3 aromatic heterocycles. The van der Waals surface area contributed by atoms with Crippen LogP contribution in [0.2, 0.25) is 0 Å². The lowest BCUT2D eigenvalue weighted by Gasteiger charge is -2.26. The van der Waals surface area contributed by atoms with Gasteiger partial charge in [-0.3, -0.25) is 14.8 Å². The van der Waals surface area contributed by atoms with Crippen LogP contribution in [0.1, 0.15) is 10.4 Å². The molecule has 4 heterocycles. The Hall–Kier alpha value is -3.96. The third-order valence-corrected chi connectivity index (χ3v) is 5.33. The number of benzene rings is 1. The van der Waals surface area contributed by atoms with Crippen LogP contribution in [0, 0.1) is 5.82 Å². The molecule has 1 aliphatic heterocycles. The van der Waals surface area contributed by atoms with Gasteiger partial charge in [-0.2, -0.15) is 0 Å². The predicted molar refractivity (Wildman–Crippen MR) is 117 cm³/mol. The third-order valence-electron chi connectivity index (χ3n) is 5.33. The first-order valence-corrected chi connectivity index (χ1v) is 10.4. The fraction of sp³-hybridized carbons (Fsp3) is 0.227. The number of carbonyl (C=O) groups excluding carboxylic acids is 1. The molecule has 0 saturated carbocycles. The molecule has 1 N–H and O–H groups in total. The molecule has 11 heteroatoms. The number of aryl methyl sites for hydroxylation is 1. The molecule has 33 heavy (non-hydrogen) atoms. The van der Waals surface area contributed by atoms with Crippen LogP contribution in [0.4, 0.5) is 4.39 Å². The summed E-state index contributed by atoms with van der Waals surface area (Å²) in [5.74, 6) is -0.0247. The number of nitrogens with one attached hydrogen (secondary N) is 1. The highest BCUT2D eigenvalue weighted by atomic mass is 19.1. The summed E-state index contributed by atoms with van der Waals surface area (Å²) in [6.07, 6.45) is 4.88. The number of amides is 1. The van der Waals surface area contributed by atoms with Crippen molar-refractivity contribution < 1.29 is 13.9 Å². The number of morpholine rings is 1. The molecule has 1 fully saturated rings. The molecular weight excluding hydrogens is 427 g/mol. The summed E-state index contributed by atoms with van der Waals surface area (Å²) < 4.78 is 22.9. The van der Waals surface area contributed by atoms with E-state index in [1.54, 1.807) is 59.2 Å². The van der Waals surface area contributed by atoms with Crippen molar-refractivity contribution in [2.24, 2.45) is 7.05 Å². The summed E-state index contributed by atoms with van der Waals surface area (Å²) in [6.45, 7) is 2.47. The second-order valence-corrected chi connectivity index (χ2v) is 7.50. The largest absolute Gasteiger partial charge is 0.379 e. The van der Waals surface area contributed by atoms with Gasteiger partial charge in [0, 0.05) is 38.1 Å². The maximum absolute atomic E-state index is 14.3. The minimum absolute atomic E-state index is 0.224. The Labute approximate surface area is 188 Å². The first-order chi connectivity index (χ1) is 16.1. The minimum Gasteiger partial charge on any atom is -0.379 e. The van der Waals surface area contributed by atoms with Crippen molar-refractivity contribution in [1.82, 2.24) is 40.0 Å². The number of halogens is 1. The van der Waals surface area contributed by atoms with Crippen LogP contribution in [0.5, 0.6) is 0 Å². The van der Waals surface area contributed by atoms with Crippen LogP contribution in [0.15, 0.2) is 55.1 Å². The van der Waals surface area contributed by atoms with E-state index in [-0.39, 0.29) is 11.7 Å². The van der Waals surface area contributed by atoms with E-state index in [0.717, 1.165) is 0 Å². The Morgan fingerprint density at radius 1 is 1.12 bits per heavy atom. The van der Waals surface area contributed by atoms with Gasteiger partial charge in [-0.05, 0) is 24.3 Å². The molecule has 10 nitrogen and oxygen atoms in total. The molecule has 1 amide bonds. The van der Waals surface area contributed by atoms with E-state index in [1.165, 1.54) is 12.3 Å². The van der Waals surface area contributed by atoms with Crippen LogP contribution < -0.4 is 5.43 Å². The first-order valence-electron chi connectivity index (χ1n) is 10.4. The molecule has 4 aromatic rings. The van der Waals surface area contributed by atoms with Crippen molar-refractivity contribution in [2.75, 3.05) is 26.3 Å². The standard InChI is InChI=1S/C22H21FN8O2/c1-29-21(20(26-28-29)16-4-2-3-5-17(16)23)18-13-30(14-25-18)19-7-6-15(12-24-19)22(32)27-31-8-10-33-11-9-31/h2-7,12-14H,8-11H2,1H3,(H,27,32). The molecule has 0 unspecified atom stereocenters. The Bertz CT molecular complexity index is 1280. The number of hydrogen-bond acceptors (Lipinski definition) is 7. The second kappa shape index (κ2) is 8.88. The van der Waals surface area contributed by atoms with Gasteiger partial charge in [0.05, 0.1) is 18.8 Å². The molecule has 5 rings (SSSR count). The predicted octanol–water partition coefficient (Wildman–Crippen LogP) is 1.85. The van der Waals surface area contributed by atoms with E-state index in [4.69, 9.17) is 4.74 Å². The number of hydrazine groups is 1. The monoisotopic (exact) mass is 448 g/mol. The molecule has 1 aliphatic rings. The van der Waals surface area contributed by atoms with Gasteiger partial charge in [0.1, 0.15) is 35.0 Å². The summed E-state index contributed by atoms with van der Waals surface area (Å²) >= 11 is 0.